The van der Waals surface area contributed by atoms with Gasteiger partial charge < -0.3 is 14.2 Å². The molecule has 1 amide bonds. The van der Waals surface area contributed by atoms with E-state index >= 15 is 0 Å². The second-order valence-corrected chi connectivity index (χ2v) is 4.75. The van der Waals surface area contributed by atoms with Gasteiger partial charge in [0, 0.05) is 31.7 Å². The minimum absolute atomic E-state index is 0.00296. The summed E-state index contributed by atoms with van der Waals surface area (Å²) in [7, 11) is 1.44. The third-order valence-electron chi connectivity index (χ3n) is 3.40. The summed E-state index contributed by atoms with van der Waals surface area (Å²) >= 11 is 0. The molecule has 2 heterocycles. The number of carbonyl (C=O) groups excluding carboxylic acids is 1. The molecule has 7 nitrogen and oxygen atoms in total. The van der Waals surface area contributed by atoms with Crippen molar-refractivity contribution in [1.82, 2.24) is 19.2 Å². The van der Waals surface area contributed by atoms with Gasteiger partial charge in [0.05, 0.1) is 13.7 Å². The minimum Gasteiger partial charge on any atom is -0.491 e. The molecule has 0 aromatic carbocycles. The number of hydrogen-bond acceptors (Lipinski definition) is 4. The molecule has 7 heteroatoms. The average Bonchev–Trinajstić information content (AvgIpc) is 3.03. The molecule has 22 heavy (non-hydrogen) atoms. The number of ether oxygens (including phenoxy) is 1. The first-order valence-electron chi connectivity index (χ1n) is 7.14. The van der Waals surface area contributed by atoms with Crippen LogP contribution in [-0.2, 0) is 17.9 Å². The zero-order valence-corrected chi connectivity index (χ0v) is 12.8. The Morgan fingerprint density at radius 2 is 2.18 bits per heavy atom. The van der Waals surface area contributed by atoms with Gasteiger partial charge in [-0.1, -0.05) is 0 Å². The van der Waals surface area contributed by atoms with E-state index in [-0.39, 0.29) is 23.8 Å². The van der Waals surface area contributed by atoms with E-state index < -0.39 is 0 Å². The number of carbonyl (C=O) groups is 1. The van der Waals surface area contributed by atoms with Gasteiger partial charge in [0.2, 0.25) is 5.91 Å². The van der Waals surface area contributed by atoms with Gasteiger partial charge in [-0.15, -0.1) is 0 Å². The molecule has 0 aliphatic heterocycles. The van der Waals surface area contributed by atoms with Gasteiger partial charge in [-0.25, -0.2) is 0 Å². The lowest BCUT2D eigenvalue weighted by Gasteiger charge is -2.21. The molecule has 0 spiro atoms. The number of hydrogen-bond donors (Lipinski definition) is 0. The van der Waals surface area contributed by atoms with E-state index in [4.69, 9.17) is 4.74 Å². The third kappa shape index (κ3) is 3.75. The predicted octanol–water partition coefficient (Wildman–Crippen LogP) is 0.602. The van der Waals surface area contributed by atoms with E-state index in [0.717, 1.165) is 0 Å². The number of aromatic nitrogens is 3. The van der Waals surface area contributed by atoms with E-state index in [1.54, 1.807) is 34.1 Å². The molecule has 0 radical (unpaired) electrons. The van der Waals surface area contributed by atoms with Crippen molar-refractivity contribution < 1.29 is 9.53 Å². The highest BCUT2D eigenvalue weighted by Crippen LogP contribution is 2.01. The van der Waals surface area contributed by atoms with E-state index in [1.807, 2.05) is 19.2 Å². The fourth-order valence-corrected chi connectivity index (χ4v) is 2.16. The summed E-state index contributed by atoms with van der Waals surface area (Å²) in [5, 5.41) is 4.11. The fraction of sp³-hybridized carbons (Fsp3) is 0.400. The van der Waals surface area contributed by atoms with Crippen molar-refractivity contribution in [3.63, 3.8) is 0 Å². The maximum absolute atomic E-state index is 12.4. The minimum atomic E-state index is -0.304. The van der Waals surface area contributed by atoms with Crippen LogP contribution in [0.25, 0.3) is 0 Å². The van der Waals surface area contributed by atoms with Crippen LogP contribution in [0.2, 0.25) is 0 Å². The molecule has 0 saturated carbocycles. The topological polar surface area (TPSA) is 69.4 Å². The molecular formula is C15H20N4O3. The third-order valence-corrected chi connectivity index (χ3v) is 3.40. The molecule has 0 saturated heterocycles. The Morgan fingerprint density at radius 1 is 1.36 bits per heavy atom. The summed E-state index contributed by atoms with van der Waals surface area (Å²) < 4.78 is 8.11. The Kier molecular flexibility index (Phi) is 5.35. The Balaban J connectivity index is 2.01. The standard InChI is InChI=1S/C15H20N4O3/c1-3-17(10-11-19-9-5-7-16-19)14(20)12-18-8-4-6-13(22-2)15(18)21/h4-9H,3,10-12H2,1-2H3. The predicted molar refractivity (Wildman–Crippen MR) is 81.7 cm³/mol. The smallest absolute Gasteiger partial charge is 0.293 e. The lowest BCUT2D eigenvalue weighted by molar-refractivity contribution is -0.131. The maximum atomic E-state index is 12.4. The van der Waals surface area contributed by atoms with Gasteiger partial charge in [-0.05, 0) is 25.1 Å². The highest BCUT2D eigenvalue weighted by molar-refractivity contribution is 5.76. The van der Waals surface area contributed by atoms with Crippen LogP contribution in [0, 0.1) is 0 Å². The molecule has 2 aromatic heterocycles. The molecule has 0 unspecified atom stereocenters. The molecule has 2 aromatic rings. The van der Waals surface area contributed by atoms with Crippen molar-refractivity contribution in [2.45, 2.75) is 20.0 Å². The molecular weight excluding hydrogens is 284 g/mol. The molecule has 118 valence electrons. The number of likely N-dealkylation sites (N-methyl/N-ethyl adjacent to an activating group) is 1. The molecule has 0 aliphatic carbocycles. The van der Waals surface area contributed by atoms with Gasteiger partial charge >= 0.3 is 0 Å². The van der Waals surface area contributed by atoms with E-state index in [9.17, 15) is 9.59 Å². The fourth-order valence-electron chi connectivity index (χ4n) is 2.16. The van der Waals surface area contributed by atoms with Gasteiger partial charge in [0.25, 0.3) is 5.56 Å². The van der Waals surface area contributed by atoms with Crippen molar-refractivity contribution in [2.75, 3.05) is 20.2 Å². The first kappa shape index (κ1) is 15.8. The van der Waals surface area contributed by atoms with Crippen LogP contribution >= 0.6 is 0 Å². The monoisotopic (exact) mass is 304 g/mol. The van der Waals surface area contributed by atoms with Crippen LogP contribution in [0.1, 0.15) is 6.92 Å². The maximum Gasteiger partial charge on any atom is 0.293 e. The largest absolute Gasteiger partial charge is 0.491 e. The summed E-state index contributed by atoms with van der Waals surface area (Å²) in [6.45, 7) is 3.67. The van der Waals surface area contributed by atoms with Gasteiger partial charge in [-0.3, -0.25) is 14.3 Å². The molecule has 0 atom stereocenters. The van der Waals surface area contributed by atoms with Crippen LogP contribution in [0.4, 0.5) is 0 Å². The molecule has 0 bridgehead atoms. The lowest BCUT2D eigenvalue weighted by Crippen LogP contribution is -2.38. The van der Waals surface area contributed by atoms with Gasteiger partial charge in [-0.2, -0.15) is 5.10 Å². The zero-order chi connectivity index (χ0) is 15.9. The quantitative estimate of drug-likeness (QED) is 0.751. The number of methoxy groups -OCH3 is 1. The van der Waals surface area contributed by atoms with E-state index in [1.165, 1.54) is 11.7 Å². The molecule has 0 aliphatic rings. The van der Waals surface area contributed by atoms with Crippen LogP contribution < -0.4 is 10.3 Å². The average molecular weight is 304 g/mol. The van der Waals surface area contributed by atoms with Crippen LogP contribution in [0.15, 0.2) is 41.6 Å². The summed E-state index contributed by atoms with van der Waals surface area (Å²) in [6.07, 6.45) is 5.14. The number of amides is 1. The first-order chi connectivity index (χ1) is 10.7. The first-order valence-corrected chi connectivity index (χ1v) is 7.14. The van der Waals surface area contributed by atoms with Crippen LogP contribution in [0.5, 0.6) is 5.75 Å². The SMILES string of the molecule is CCN(CCn1cccn1)C(=O)Cn1cccc(OC)c1=O. The summed E-state index contributed by atoms with van der Waals surface area (Å²) in [5.41, 5.74) is -0.304. The molecule has 2 rings (SSSR count). The van der Waals surface area contributed by atoms with E-state index in [0.29, 0.717) is 19.6 Å². The summed E-state index contributed by atoms with van der Waals surface area (Å²) in [5.74, 6) is 0.125. The van der Waals surface area contributed by atoms with Crippen molar-refractivity contribution in [2.24, 2.45) is 0 Å². The Hall–Kier alpha value is -2.57. The highest BCUT2D eigenvalue weighted by Gasteiger charge is 2.14. The molecule has 0 N–H and O–H groups in total. The van der Waals surface area contributed by atoms with Crippen molar-refractivity contribution in [3.8, 4) is 5.75 Å². The van der Waals surface area contributed by atoms with Crippen molar-refractivity contribution in [3.05, 3.63) is 47.1 Å². The zero-order valence-electron chi connectivity index (χ0n) is 12.8. The Labute approximate surface area is 128 Å². The summed E-state index contributed by atoms with van der Waals surface area (Å²) in [4.78, 5) is 26.1. The lowest BCUT2D eigenvalue weighted by atomic mass is 10.4. The highest BCUT2D eigenvalue weighted by atomic mass is 16.5. The summed E-state index contributed by atoms with van der Waals surface area (Å²) in [6, 6.07) is 5.11. The van der Waals surface area contributed by atoms with E-state index in [2.05, 4.69) is 5.10 Å². The Bertz CT molecular complexity index is 664. The normalized spacial score (nSPS) is 10.5. The number of nitrogens with zero attached hydrogens (tertiary/aromatic N) is 4. The van der Waals surface area contributed by atoms with Gasteiger partial charge in [0.15, 0.2) is 5.75 Å². The second kappa shape index (κ2) is 7.44. The van der Waals surface area contributed by atoms with Gasteiger partial charge in [0.1, 0.15) is 6.54 Å². The van der Waals surface area contributed by atoms with Crippen LogP contribution in [0.3, 0.4) is 0 Å². The second-order valence-electron chi connectivity index (χ2n) is 4.75. The Morgan fingerprint density at radius 3 is 2.82 bits per heavy atom. The van der Waals surface area contributed by atoms with Crippen molar-refractivity contribution in [1.29, 1.82) is 0 Å². The molecule has 0 fully saturated rings. The number of rotatable bonds is 7. The van der Waals surface area contributed by atoms with Crippen LogP contribution in [-0.4, -0.2) is 45.4 Å². The van der Waals surface area contributed by atoms with Crippen molar-refractivity contribution >= 4 is 5.91 Å². The number of pyridine rings is 1.